The maximum atomic E-state index is 12.6. The second kappa shape index (κ2) is 6.61. The van der Waals surface area contributed by atoms with E-state index in [1.54, 1.807) is 6.92 Å². The van der Waals surface area contributed by atoms with Gasteiger partial charge in [-0.1, -0.05) is 20.8 Å². The van der Waals surface area contributed by atoms with Crippen LogP contribution in [0.15, 0.2) is 35.5 Å². The summed E-state index contributed by atoms with van der Waals surface area (Å²) >= 11 is 0. The number of rotatable bonds is 4. The highest BCUT2D eigenvalue weighted by molar-refractivity contribution is 6.06. The third kappa shape index (κ3) is 2.90. The first-order chi connectivity index (χ1) is 12.6. The fourth-order valence-electron chi connectivity index (χ4n) is 3.84. The Hall–Kier alpha value is -3.03. The Morgan fingerprint density at radius 2 is 1.78 bits per heavy atom. The molecule has 0 unspecified atom stereocenters. The lowest BCUT2D eigenvalue weighted by molar-refractivity contribution is -0.384. The Labute approximate surface area is 155 Å². The summed E-state index contributed by atoms with van der Waals surface area (Å²) in [5, 5.41) is 10.7. The fourth-order valence-corrected chi connectivity index (χ4v) is 3.84. The van der Waals surface area contributed by atoms with Crippen LogP contribution in [0.5, 0.6) is 0 Å². The summed E-state index contributed by atoms with van der Waals surface area (Å²) < 4.78 is 4.94. The molecule has 1 saturated heterocycles. The number of nitrogens with zero attached hydrogens (tertiary/aromatic N) is 2. The van der Waals surface area contributed by atoms with Gasteiger partial charge in [-0.2, -0.15) is 0 Å². The Kier molecular flexibility index (Phi) is 4.59. The second-order valence-electron chi connectivity index (χ2n) is 7.27. The highest BCUT2D eigenvalue weighted by atomic mass is 16.6. The van der Waals surface area contributed by atoms with E-state index in [-0.39, 0.29) is 46.7 Å². The van der Waals surface area contributed by atoms with Gasteiger partial charge in [0.05, 0.1) is 22.4 Å². The topological polar surface area (TPSA) is 107 Å². The van der Waals surface area contributed by atoms with Crippen LogP contribution in [0, 0.1) is 27.9 Å². The van der Waals surface area contributed by atoms with Crippen LogP contribution in [0.2, 0.25) is 0 Å². The summed E-state index contributed by atoms with van der Waals surface area (Å²) in [5.74, 6) is -1.90. The molecule has 27 heavy (non-hydrogen) atoms. The second-order valence-corrected chi connectivity index (χ2v) is 7.27. The molecule has 0 spiro atoms. The van der Waals surface area contributed by atoms with E-state index in [4.69, 9.17) is 4.74 Å². The molecule has 0 bridgehead atoms. The molecule has 3 rings (SSSR count). The monoisotopic (exact) mass is 372 g/mol. The third-order valence-electron chi connectivity index (χ3n) is 5.41. The van der Waals surface area contributed by atoms with Gasteiger partial charge in [0, 0.05) is 18.1 Å². The molecule has 142 valence electrons. The molecule has 1 fully saturated rings. The van der Waals surface area contributed by atoms with E-state index in [0.29, 0.717) is 0 Å². The Morgan fingerprint density at radius 1 is 1.19 bits per heavy atom. The number of nitro groups is 1. The molecule has 1 aromatic carbocycles. The lowest BCUT2D eigenvalue weighted by Crippen LogP contribution is -2.62. The highest BCUT2D eigenvalue weighted by Crippen LogP contribution is 2.48. The van der Waals surface area contributed by atoms with E-state index in [1.165, 1.54) is 17.0 Å². The zero-order valence-electron chi connectivity index (χ0n) is 15.5. The van der Waals surface area contributed by atoms with Crippen LogP contribution in [-0.4, -0.2) is 33.7 Å². The van der Waals surface area contributed by atoms with Crippen LogP contribution >= 0.6 is 0 Å². The SMILES string of the molecule is CC1=C(C(=O)OC(=O)c2ccc([N+](=O)[O-])cc2)N2C(=O)[C@H](C(C)C)[C@H]2[C@H]1C. The Balaban J connectivity index is 1.77. The lowest BCUT2D eigenvalue weighted by Gasteiger charge is -2.47. The summed E-state index contributed by atoms with van der Waals surface area (Å²) in [6, 6.07) is 4.67. The van der Waals surface area contributed by atoms with Gasteiger partial charge in [-0.05, 0) is 30.5 Å². The molecular formula is C19H20N2O6. The lowest BCUT2D eigenvalue weighted by atomic mass is 9.75. The van der Waals surface area contributed by atoms with E-state index in [0.717, 1.165) is 17.7 Å². The number of fused-ring (bicyclic) bond motifs is 1. The summed E-state index contributed by atoms with van der Waals surface area (Å²) in [6.45, 7) is 7.65. The number of β-lactam (4-membered cyclic amide) rings is 1. The number of ether oxygens (including phenoxy) is 1. The summed E-state index contributed by atoms with van der Waals surface area (Å²) in [5.41, 5.74) is 0.697. The van der Waals surface area contributed by atoms with Crippen molar-refractivity contribution >= 4 is 23.5 Å². The quantitative estimate of drug-likeness (QED) is 0.264. The van der Waals surface area contributed by atoms with Gasteiger partial charge in [-0.25, -0.2) is 9.59 Å². The highest BCUT2D eigenvalue weighted by Gasteiger charge is 2.58. The van der Waals surface area contributed by atoms with Gasteiger partial charge in [0.2, 0.25) is 5.91 Å². The van der Waals surface area contributed by atoms with Gasteiger partial charge in [-0.15, -0.1) is 0 Å². The average molecular weight is 372 g/mol. The van der Waals surface area contributed by atoms with Crippen LogP contribution in [-0.2, 0) is 14.3 Å². The first kappa shape index (κ1) is 18.8. The zero-order valence-corrected chi connectivity index (χ0v) is 15.5. The van der Waals surface area contributed by atoms with Crippen LogP contribution in [0.25, 0.3) is 0 Å². The minimum atomic E-state index is -0.917. The number of hydrogen-bond acceptors (Lipinski definition) is 6. The van der Waals surface area contributed by atoms with Crippen molar-refractivity contribution < 1.29 is 24.0 Å². The maximum Gasteiger partial charge on any atom is 0.362 e. The van der Waals surface area contributed by atoms with E-state index < -0.39 is 16.9 Å². The van der Waals surface area contributed by atoms with Crippen molar-refractivity contribution in [1.82, 2.24) is 4.90 Å². The van der Waals surface area contributed by atoms with E-state index in [2.05, 4.69) is 0 Å². The third-order valence-corrected chi connectivity index (χ3v) is 5.41. The maximum absolute atomic E-state index is 12.6. The molecule has 8 heteroatoms. The predicted molar refractivity (Wildman–Crippen MR) is 94.3 cm³/mol. The van der Waals surface area contributed by atoms with Gasteiger partial charge in [-0.3, -0.25) is 14.9 Å². The molecule has 0 saturated carbocycles. The number of esters is 2. The average Bonchev–Trinajstić information content (AvgIpc) is 2.83. The number of benzene rings is 1. The molecule has 0 N–H and O–H groups in total. The van der Waals surface area contributed by atoms with Crippen molar-refractivity contribution in [3.63, 3.8) is 0 Å². The molecule has 2 aliphatic heterocycles. The Bertz CT molecular complexity index is 871. The van der Waals surface area contributed by atoms with Crippen LogP contribution in [0.3, 0.4) is 0 Å². The van der Waals surface area contributed by atoms with E-state index in [1.807, 2.05) is 20.8 Å². The molecule has 2 heterocycles. The van der Waals surface area contributed by atoms with Gasteiger partial charge >= 0.3 is 11.9 Å². The Morgan fingerprint density at radius 3 is 2.30 bits per heavy atom. The van der Waals surface area contributed by atoms with Crippen molar-refractivity contribution in [3.05, 3.63) is 51.2 Å². The molecule has 1 amide bonds. The molecule has 0 radical (unpaired) electrons. The van der Waals surface area contributed by atoms with Crippen LogP contribution in [0.1, 0.15) is 38.1 Å². The predicted octanol–water partition coefficient (Wildman–Crippen LogP) is 2.68. The number of non-ortho nitro benzene ring substituents is 1. The fraction of sp³-hybridized carbons (Fsp3) is 0.421. The molecule has 0 aliphatic carbocycles. The van der Waals surface area contributed by atoms with Crippen LogP contribution < -0.4 is 0 Å². The first-order valence-electron chi connectivity index (χ1n) is 8.70. The number of amides is 1. The van der Waals surface area contributed by atoms with Crippen molar-refractivity contribution in [2.75, 3.05) is 0 Å². The molecule has 0 aromatic heterocycles. The van der Waals surface area contributed by atoms with Crippen molar-refractivity contribution in [3.8, 4) is 0 Å². The van der Waals surface area contributed by atoms with E-state index in [9.17, 15) is 24.5 Å². The molecule has 3 atom stereocenters. The van der Waals surface area contributed by atoms with Crippen molar-refractivity contribution in [2.45, 2.75) is 33.7 Å². The molecule has 1 aromatic rings. The first-order valence-corrected chi connectivity index (χ1v) is 8.70. The minimum absolute atomic E-state index is 0.00660. The summed E-state index contributed by atoms with van der Waals surface area (Å²) in [6.07, 6.45) is 0. The van der Waals surface area contributed by atoms with Gasteiger partial charge in [0.1, 0.15) is 5.70 Å². The number of carbonyl (C=O) groups excluding carboxylic acids is 3. The number of hydrogen-bond donors (Lipinski definition) is 0. The molecule has 2 aliphatic rings. The minimum Gasteiger partial charge on any atom is -0.385 e. The summed E-state index contributed by atoms with van der Waals surface area (Å²) in [4.78, 5) is 48.8. The van der Waals surface area contributed by atoms with Gasteiger partial charge in [0.25, 0.3) is 5.69 Å². The van der Waals surface area contributed by atoms with Crippen molar-refractivity contribution in [2.24, 2.45) is 17.8 Å². The van der Waals surface area contributed by atoms with Gasteiger partial charge < -0.3 is 9.64 Å². The van der Waals surface area contributed by atoms with E-state index >= 15 is 0 Å². The summed E-state index contributed by atoms with van der Waals surface area (Å²) in [7, 11) is 0. The smallest absolute Gasteiger partial charge is 0.362 e. The van der Waals surface area contributed by atoms with Gasteiger partial charge in [0.15, 0.2) is 0 Å². The molecular weight excluding hydrogens is 352 g/mol. The zero-order chi connectivity index (χ0) is 20.0. The van der Waals surface area contributed by atoms with Crippen molar-refractivity contribution in [1.29, 1.82) is 0 Å². The number of carbonyl (C=O) groups is 3. The largest absolute Gasteiger partial charge is 0.385 e. The standard InChI is InChI=1S/C19H20N2O6/c1-9(2)14-15-10(3)11(4)16(20(15)17(14)22)19(24)27-18(23)12-5-7-13(8-6-12)21(25)26/h5-10,14-15H,1-4H3/t10-,14+,15+/m0/s1. The normalized spacial score (nSPS) is 24.0. The van der Waals surface area contributed by atoms with Crippen LogP contribution in [0.4, 0.5) is 5.69 Å². The molecule has 8 nitrogen and oxygen atoms in total. The number of nitro benzene ring substituents is 1.